The number of carbonyl (C=O) groups excluding carboxylic acids is 14. The van der Waals surface area contributed by atoms with Crippen LogP contribution in [0.25, 0.3) is 0 Å². The second-order valence-corrected chi connectivity index (χ2v) is 28.4. The van der Waals surface area contributed by atoms with Crippen LogP contribution in [0.4, 0.5) is 0 Å². The number of aromatic hydroxyl groups is 2. The molecule has 610 valence electrons. The Morgan fingerprint density at radius 3 is 0.866 bits per heavy atom. The number of hydrazine groups is 1. The van der Waals surface area contributed by atoms with Gasteiger partial charge in [0.15, 0.2) is 0 Å². The van der Waals surface area contributed by atoms with Gasteiger partial charge in [-0.1, -0.05) is 140 Å². The standard InChI is InChI=1S/C76H106N16O20/c1-39(2)61(89-75(111)63(41(5)6)87-69(105)53(29-31-59(97)98)83-71(107)55(35-45-17-13-11-14-18-45)85-65(101)43(9)81-67(103)51(77)33-47-21-25-49(93)26-22-47)73(109)79-37-57(95)91-92-58(96)38-80-74(110)62(40(3)4)90-76(112)64(42(7)8)88-70(106)54(30-32-60(99)100)84-72(108)56(36-46-19-15-12-16-20-46)86-66(102)44(10)82-68(104)52(78)34-48-23-27-50(94)28-24-48/h11-28,39-44,51-56,61-64,93-94H,29-38,77-78H2,1-10H3,(H,79,109)(H,80,110)(H,81,103)(H,82,104)(H,83,107)(H,84,108)(H,85,101)(H,86,102)(H,87,105)(H,88,106)(H,89,111)(H,90,112)(H,91,95)(H,92,96)(H,97,98)(H,99,100)/t43-,44-,51+,52+,53+,54+,55+,56+,61+,62+,63+,64+/m1/s1. The molecule has 0 fully saturated rings. The average molecular weight is 1560 g/mol. The van der Waals surface area contributed by atoms with Crippen molar-refractivity contribution in [3.05, 3.63) is 131 Å². The molecular formula is C76H106N16O20. The van der Waals surface area contributed by atoms with Gasteiger partial charge in [-0.2, -0.15) is 0 Å². The van der Waals surface area contributed by atoms with Crippen molar-refractivity contribution in [2.45, 2.75) is 193 Å². The molecule has 0 saturated heterocycles. The van der Waals surface area contributed by atoms with E-state index in [0.29, 0.717) is 22.3 Å². The third-order valence-corrected chi connectivity index (χ3v) is 17.5. The van der Waals surface area contributed by atoms with Crippen molar-refractivity contribution in [3.8, 4) is 11.5 Å². The number of aliphatic carboxylic acids is 2. The summed E-state index contributed by atoms with van der Waals surface area (Å²) in [5.41, 5.74) is 18.7. The van der Waals surface area contributed by atoms with Crippen LogP contribution in [-0.4, -0.2) is 201 Å². The first-order valence-corrected chi connectivity index (χ1v) is 36.5. The predicted molar refractivity (Wildman–Crippen MR) is 406 cm³/mol. The van der Waals surface area contributed by atoms with Gasteiger partial charge in [0, 0.05) is 25.7 Å². The Labute approximate surface area is 648 Å². The summed E-state index contributed by atoms with van der Waals surface area (Å²) in [6.45, 7) is 13.6. The Morgan fingerprint density at radius 2 is 0.571 bits per heavy atom. The number of hydrogen-bond donors (Lipinski definition) is 20. The number of nitrogens with one attached hydrogen (secondary N) is 14. The highest BCUT2D eigenvalue weighted by atomic mass is 16.4. The van der Waals surface area contributed by atoms with Crippen LogP contribution < -0.4 is 86.1 Å². The number of rotatable bonds is 44. The van der Waals surface area contributed by atoms with Crippen LogP contribution in [-0.2, 0) is 102 Å². The van der Waals surface area contributed by atoms with E-state index in [1.54, 1.807) is 140 Å². The lowest BCUT2D eigenvalue weighted by atomic mass is 9.99. The lowest BCUT2D eigenvalue weighted by Gasteiger charge is -2.29. The number of phenolic OH excluding ortho intramolecular Hbond substituents is 2. The molecular weight excluding hydrogens is 1460 g/mol. The number of benzene rings is 4. The minimum atomic E-state index is -1.62. The van der Waals surface area contributed by atoms with E-state index in [1.807, 2.05) is 0 Å². The molecule has 14 amide bonds. The normalized spacial score (nSPS) is 14.3. The number of carbonyl (C=O) groups is 16. The zero-order valence-corrected chi connectivity index (χ0v) is 64.2. The van der Waals surface area contributed by atoms with Gasteiger partial charge in [-0.05, 0) is 110 Å². The van der Waals surface area contributed by atoms with Crippen molar-refractivity contribution in [2.24, 2.45) is 35.1 Å². The highest BCUT2D eigenvalue weighted by Crippen LogP contribution is 2.16. The molecule has 4 aromatic rings. The minimum absolute atomic E-state index is 0.00766. The minimum Gasteiger partial charge on any atom is -0.508 e. The van der Waals surface area contributed by atoms with Gasteiger partial charge in [0.2, 0.25) is 70.9 Å². The smallest absolute Gasteiger partial charge is 0.303 e. The van der Waals surface area contributed by atoms with E-state index in [9.17, 15) is 97.1 Å². The lowest BCUT2D eigenvalue weighted by molar-refractivity contribution is -0.139. The second-order valence-electron chi connectivity index (χ2n) is 28.4. The summed E-state index contributed by atoms with van der Waals surface area (Å²) >= 11 is 0. The van der Waals surface area contributed by atoms with Crippen LogP contribution in [0.2, 0.25) is 0 Å². The van der Waals surface area contributed by atoms with Crippen molar-refractivity contribution < 1.29 is 97.1 Å². The van der Waals surface area contributed by atoms with Gasteiger partial charge < -0.3 is 95.7 Å². The Morgan fingerprint density at radius 1 is 0.304 bits per heavy atom. The lowest BCUT2D eigenvalue weighted by Crippen LogP contribution is -2.61. The topological polar surface area (TPSA) is 574 Å². The van der Waals surface area contributed by atoms with Gasteiger partial charge in [-0.15, -0.1) is 0 Å². The monoisotopic (exact) mass is 1560 g/mol. The molecule has 36 heteroatoms. The van der Waals surface area contributed by atoms with E-state index < -0.39 is 230 Å². The van der Waals surface area contributed by atoms with E-state index in [1.165, 1.54) is 38.1 Å². The molecule has 0 aromatic heterocycles. The number of hydrogen-bond acceptors (Lipinski definition) is 20. The highest BCUT2D eigenvalue weighted by Gasteiger charge is 2.38. The van der Waals surface area contributed by atoms with E-state index in [0.717, 1.165) is 0 Å². The third-order valence-electron chi connectivity index (χ3n) is 17.5. The fourth-order valence-corrected chi connectivity index (χ4v) is 11.0. The van der Waals surface area contributed by atoms with E-state index >= 15 is 0 Å². The molecule has 4 rings (SSSR count). The number of carboxylic acid groups (broad SMARTS) is 2. The molecule has 112 heavy (non-hydrogen) atoms. The maximum Gasteiger partial charge on any atom is 0.303 e. The Balaban J connectivity index is 1.34. The summed E-state index contributed by atoms with van der Waals surface area (Å²) in [6, 6.07) is 12.4. The summed E-state index contributed by atoms with van der Waals surface area (Å²) in [4.78, 5) is 215. The number of phenols is 2. The van der Waals surface area contributed by atoms with Crippen molar-refractivity contribution in [3.63, 3.8) is 0 Å². The molecule has 0 aliphatic rings. The Kier molecular flexibility index (Phi) is 37.7. The van der Waals surface area contributed by atoms with Crippen LogP contribution in [0.15, 0.2) is 109 Å². The van der Waals surface area contributed by atoms with Gasteiger partial charge in [0.1, 0.15) is 71.9 Å². The zero-order chi connectivity index (χ0) is 83.6. The van der Waals surface area contributed by atoms with E-state index in [4.69, 9.17) is 11.5 Å². The molecule has 0 heterocycles. The fourth-order valence-electron chi connectivity index (χ4n) is 11.0. The van der Waals surface area contributed by atoms with Crippen molar-refractivity contribution in [1.82, 2.24) is 74.7 Å². The number of nitrogens with two attached hydrogens (primary N) is 2. The van der Waals surface area contributed by atoms with Crippen LogP contribution >= 0.6 is 0 Å². The molecule has 0 aliphatic heterocycles. The van der Waals surface area contributed by atoms with E-state index in [-0.39, 0.29) is 37.2 Å². The highest BCUT2D eigenvalue weighted by molar-refractivity contribution is 6.00. The summed E-state index contributed by atoms with van der Waals surface area (Å²) < 4.78 is 0. The summed E-state index contributed by atoms with van der Waals surface area (Å²) in [5.74, 6) is -18.0. The van der Waals surface area contributed by atoms with Crippen molar-refractivity contribution >= 4 is 94.6 Å². The maximum absolute atomic E-state index is 14.2. The first-order valence-electron chi connectivity index (χ1n) is 36.5. The van der Waals surface area contributed by atoms with Gasteiger partial charge in [0.05, 0.1) is 25.2 Å². The molecule has 22 N–H and O–H groups in total. The molecule has 0 unspecified atom stereocenters. The van der Waals surface area contributed by atoms with Crippen LogP contribution in [0.3, 0.4) is 0 Å². The van der Waals surface area contributed by atoms with Crippen LogP contribution in [0, 0.1) is 23.7 Å². The van der Waals surface area contributed by atoms with Crippen LogP contribution in [0.1, 0.15) is 117 Å². The molecule has 0 bridgehead atoms. The largest absolute Gasteiger partial charge is 0.508 e. The first kappa shape index (κ1) is 92.3. The molecule has 0 spiro atoms. The number of amides is 14. The fraction of sp³-hybridized carbons (Fsp3) is 0.474. The number of carboxylic acids is 2. The van der Waals surface area contributed by atoms with Crippen molar-refractivity contribution in [2.75, 3.05) is 13.1 Å². The SMILES string of the molecule is CC(C)[C@H](NC(=O)[C@H](CCC(=O)O)NC(=O)[C@H](Cc1ccccc1)NC(=O)[C@@H](C)NC(=O)[C@@H](N)Cc1ccc(O)cc1)C(=O)N[C@H](C(=O)NCC(=O)NNC(=O)CNC(=O)[C@@H](NC(=O)[C@@H](NC(=O)[C@H](CCC(=O)O)NC(=O)[C@H](Cc1ccccc1)NC(=O)[C@@H](C)NC(=O)[C@@H](N)Cc1ccc(O)cc1)C(C)C)C(C)C)C(C)C. The summed E-state index contributed by atoms with van der Waals surface area (Å²) in [7, 11) is 0. The average Bonchev–Trinajstić information content (AvgIpc) is 0.874. The quantitative estimate of drug-likeness (QED) is 0.0206. The van der Waals surface area contributed by atoms with Gasteiger partial charge in [0.25, 0.3) is 11.8 Å². The zero-order valence-electron chi connectivity index (χ0n) is 64.2. The van der Waals surface area contributed by atoms with E-state index in [2.05, 4.69) is 74.7 Å². The van der Waals surface area contributed by atoms with Gasteiger partial charge >= 0.3 is 11.9 Å². The molecule has 12 atom stereocenters. The Bertz CT molecular complexity index is 3660. The first-order chi connectivity index (χ1) is 52.7. The van der Waals surface area contributed by atoms with Gasteiger partial charge in [-0.25, -0.2) is 0 Å². The molecule has 36 nitrogen and oxygen atoms in total. The van der Waals surface area contributed by atoms with Gasteiger partial charge in [-0.3, -0.25) is 87.6 Å². The third kappa shape index (κ3) is 32.2. The second kappa shape index (κ2) is 45.8. The Hall–Kier alpha value is -12.1. The summed E-state index contributed by atoms with van der Waals surface area (Å²) in [5, 5.41) is 68.6. The molecule has 0 saturated carbocycles. The molecule has 4 aromatic carbocycles. The van der Waals surface area contributed by atoms with Crippen molar-refractivity contribution in [1.29, 1.82) is 0 Å². The molecule has 0 aliphatic carbocycles. The molecule has 0 radical (unpaired) electrons. The van der Waals surface area contributed by atoms with Crippen LogP contribution in [0.5, 0.6) is 11.5 Å². The summed E-state index contributed by atoms with van der Waals surface area (Å²) in [6.07, 6.45) is -2.45. The maximum atomic E-state index is 14.2. The predicted octanol–water partition coefficient (Wildman–Crippen LogP) is -2.36.